The molecule has 9 heteroatoms. The highest BCUT2D eigenvalue weighted by Gasteiger charge is 2.33. The predicted molar refractivity (Wildman–Crippen MR) is 146 cm³/mol. The molecular weight excluding hydrogens is 490 g/mol. The molecule has 0 aromatic heterocycles. The molecule has 1 atom stereocenters. The summed E-state index contributed by atoms with van der Waals surface area (Å²) in [4.78, 5) is 28.8. The van der Waals surface area contributed by atoms with Gasteiger partial charge in [-0.25, -0.2) is 8.42 Å². The van der Waals surface area contributed by atoms with Crippen LogP contribution in [0, 0.1) is 6.92 Å². The van der Waals surface area contributed by atoms with Crippen LogP contribution in [0.2, 0.25) is 0 Å². The van der Waals surface area contributed by atoms with E-state index in [2.05, 4.69) is 5.32 Å². The zero-order valence-electron chi connectivity index (χ0n) is 22.3. The van der Waals surface area contributed by atoms with Crippen LogP contribution in [0.4, 0.5) is 5.69 Å². The van der Waals surface area contributed by atoms with Crippen LogP contribution < -0.4 is 14.4 Å². The molecule has 2 aromatic carbocycles. The summed E-state index contributed by atoms with van der Waals surface area (Å²) in [6, 6.07) is 13.7. The number of nitrogens with zero attached hydrogens (tertiary/aromatic N) is 2. The number of sulfonamides is 1. The molecule has 0 radical (unpaired) electrons. The number of para-hydroxylation sites is 1. The highest BCUT2D eigenvalue weighted by molar-refractivity contribution is 7.92. The fourth-order valence-electron chi connectivity index (χ4n) is 4.87. The summed E-state index contributed by atoms with van der Waals surface area (Å²) in [5.74, 6) is -0.00290. The van der Waals surface area contributed by atoms with Crippen LogP contribution >= 0.6 is 0 Å². The fraction of sp³-hybridized carbons (Fsp3) is 0.500. The van der Waals surface area contributed by atoms with E-state index in [0.717, 1.165) is 47.4 Å². The van der Waals surface area contributed by atoms with Gasteiger partial charge in [-0.05, 0) is 55.5 Å². The third-order valence-corrected chi connectivity index (χ3v) is 8.01. The molecule has 0 heterocycles. The lowest BCUT2D eigenvalue weighted by atomic mass is 9.95. The molecule has 37 heavy (non-hydrogen) atoms. The average Bonchev–Trinajstić information content (AvgIpc) is 2.87. The molecule has 1 fully saturated rings. The van der Waals surface area contributed by atoms with E-state index in [1.807, 2.05) is 37.3 Å². The number of nitrogens with one attached hydrogen (secondary N) is 1. The van der Waals surface area contributed by atoms with Crippen molar-refractivity contribution in [3.63, 3.8) is 0 Å². The Morgan fingerprint density at radius 2 is 1.78 bits per heavy atom. The Morgan fingerprint density at radius 3 is 2.41 bits per heavy atom. The monoisotopic (exact) mass is 529 g/mol. The van der Waals surface area contributed by atoms with Gasteiger partial charge in [0.15, 0.2) is 0 Å². The van der Waals surface area contributed by atoms with Crippen molar-refractivity contribution >= 4 is 27.5 Å². The normalized spacial score (nSPS) is 15.0. The van der Waals surface area contributed by atoms with Crippen LogP contribution in [0.15, 0.2) is 48.5 Å². The highest BCUT2D eigenvalue weighted by Crippen LogP contribution is 2.24. The van der Waals surface area contributed by atoms with E-state index in [4.69, 9.17) is 4.74 Å². The largest absolute Gasteiger partial charge is 0.497 e. The Bertz CT molecular complexity index is 1180. The van der Waals surface area contributed by atoms with Crippen LogP contribution in [-0.2, 0) is 26.2 Å². The third kappa shape index (κ3) is 7.71. The van der Waals surface area contributed by atoms with Gasteiger partial charge in [-0.1, -0.05) is 56.5 Å². The zero-order valence-corrected chi connectivity index (χ0v) is 23.1. The number of aryl methyl sites for hydroxylation is 1. The lowest BCUT2D eigenvalue weighted by molar-refractivity contribution is -0.140. The Labute approximate surface area is 221 Å². The molecule has 8 nitrogen and oxygen atoms in total. The van der Waals surface area contributed by atoms with Crippen molar-refractivity contribution in [3.05, 3.63) is 59.7 Å². The van der Waals surface area contributed by atoms with Gasteiger partial charge in [-0.15, -0.1) is 0 Å². The maximum absolute atomic E-state index is 13.8. The molecule has 2 aromatic rings. The third-order valence-electron chi connectivity index (χ3n) is 6.89. The molecule has 0 spiro atoms. The van der Waals surface area contributed by atoms with E-state index < -0.39 is 28.5 Å². The molecular formula is C28H39N3O5S. The number of carbonyl (C=O) groups is 2. The minimum absolute atomic E-state index is 0.101. The topological polar surface area (TPSA) is 96.0 Å². The van der Waals surface area contributed by atoms with Gasteiger partial charge in [-0.3, -0.25) is 13.9 Å². The second-order valence-corrected chi connectivity index (χ2v) is 11.6. The maximum atomic E-state index is 13.8. The SMILES string of the molecule is CCC(C(=O)NC1CCCCC1)N(Cc1cccc(OC)c1)C(=O)CN(c1ccccc1C)S(C)(=O)=O. The number of amides is 2. The number of methoxy groups -OCH3 is 1. The molecule has 0 bridgehead atoms. The molecule has 0 saturated heterocycles. The summed E-state index contributed by atoms with van der Waals surface area (Å²) >= 11 is 0. The summed E-state index contributed by atoms with van der Waals surface area (Å²) < 4.78 is 32.0. The van der Waals surface area contributed by atoms with Crippen molar-refractivity contribution in [1.82, 2.24) is 10.2 Å². The van der Waals surface area contributed by atoms with Crippen LogP contribution in [0.3, 0.4) is 0 Å². The van der Waals surface area contributed by atoms with Crippen LogP contribution in [0.25, 0.3) is 0 Å². The maximum Gasteiger partial charge on any atom is 0.244 e. The molecule has 202 valence electrons. The first-order chi connectivity index (χ1) is 17.6. The first-order valence-electron chi connectivity index (χ1n) is 12.9. The molecule has 2 amide bonds. The first-order valence-corrected chi connectivity index (χ1v) is 14.7. The molecule has 1 aliphatic carbocycles. The van der Waals surface area contributed by atoms with Crippen molar-refractivity contribution in [2.75, 3.05) is 24.2 Å². The summed E-state index contributed by atoms with van der Waals surface area (Å²) in [5, 5.41) is 3.15. The molecule has 3 rings (SSSR count). The smallest absolute Gasteiger partial charge is 0.244 e. The Balaban J connectivity index is 1.93. The number of hydrogen-bond donors (Lipinski definition) is 1. The molecule has 1 saturated carbocycles. The number of carbonyl (C=O) groups excluding carboxylic acids is 2. The summed E-state index contributed by atoms with van der Waals surface area (Å²) in [6.07, 6.45) is 6.68. The summed E-state index contributed by atoms with van der Waals surface area (Å²) in [6.45, 7) is 3.42. The van der Waals surface area contributed by atoms with E-state index in [0.29, 0.717) is 17.9 Å². The van der Waals surface area contributed by atoms with E-state index in [9.17, 15) is 18.0 Å². The molecule has 1 N–H and O–H groups in total. The lowest BCUT2D eigenvalue weighted by Gasteiger charge is -2.34. The van der Waals surface area contributed by atoms with E-state index in [1.165, 1.54) is 11.3 Å². The van der Waals surface area contributed by atoms with Crippen molar-refractivity contribution in [2.45, 2.75) is 71.0 Å². The average molecular weight is 530 g/mol. The fourth-order valence-corrected chi connectivity index (χ4v) is 5.78. The Hall–Kier alpha value is -3.07. The van der Waals surface area contributed by atoms with E-state index >= 15 is 0 Å². The van der Waals surface area contributed by atoms with Gasteiger partial charge in [0.2, 0.25) is 21.8 Å². The number of ether oxygens (including phenoxy) is 1. The summed E-state index contributed by atoms with van der Waals surface area (Å²) in [7, 11) is -2.19. The van der Waals surface area contributed by atoms with Crippen molar-refractivity contribution in [1.29, 1.82) is 0 Å². The second kappa shape index (κ2) is 12.9. The van der Waals surface area contributed by atoms with Crippen molar-refractivity contribution < 1.29 is 22.7 Å². The van der Waals surface area contributed by atoms with Gasteiger partial charge < -0.3 is 15.0 Å². The minimum atomic E-state index is -3.76. The number of benzene rings is 2. The van der Waals surface area contributed by atoms with Crippen LogP contribution in [0.5, 0.6) is 5.75 Å². The molecule has 0 aliphatic heterocycles. The van der Waals surface area contributed by atoms with E-state index in [1.54, 1.807) is 32.2 Å². The lowest BCUT2D eigenvalue weighted by Crippen LogP contribution is -2.54. The van der Waals surface area contributed by atoms with Crippen LogP contribution in [-0.4, -0.2) is 57.1 Å². The van der Waals surface area contributed by atoms with Crippen LogP contribution in [0.1, 0.15) is 56.6 Å². The summed E-state index contributed by atoms with van der Waals surface area (Å²) in [5.41, 5.74) is 1.97. The first kappa shape index (κ1) is 28.5. The number of rotatable bonds is 11. The van der Waals surface area contributed by atoms with E-state index in [-0.39, 0.29) is 18.5 Å². The Morgan fingerprint density at radius 1 is 1.08 bits per heavy atom. The second-order valence-electron chi connectivity index (χ2n) is 9.70. The highest BCUT2D eigenvalue weighted by atomic mass is 32.2. The zero-order chi connectivity index (χ0) is 27.0. The quantitative estimate of drug-likeness (QED) is 0.474. The van der Waals surface area contributed by atoms with Crippen molar-refractivity contribution in [3.8, 4) is 5.75 Å². The minimum Gasteiger partial charge on any atom is -0.497 e. The van der Waals surface area contributed by atoms with Gasteiger partial charge in [-0.2, -0.15) is 0 Å². The molecule has 1 unspecified atom stereocenters. The number of anilines is 1. The number of hydrogen-bond acceptors (Lipinski definition) is 5. The Kier molecular flexibility index (Phi) is 9.97. The predicted octanol–water partition coefficient (Wildman–Crippen LogP) is 4.03. The van der Waals surface area contributed by atoms with Gasteiger partial charge in [0, 0.05) is 12.6 Å². The van der Waals surface area contributed by atoms with Gasteiger partial charge >= 0.3 is 0 Å². The van der Waals surface area contributed by atoms with Crippen molar-refractivity contribution in [2.24, 2.45) is 0 Å². The van der Waals surface area contributed by atoms with Gasteiger partial charge in [0.1, 0.15) is 18.3 Å². The standard InChI is InChI=1S/C28H39N3O5S/c1-5-25(28(33)29-23-14-7-6-8-15-23)30(19-22-13-11-16-24(18-22)36-3)27(32)20-31(37(4,34)35)26-17-10-9-12-21(26)2/h9-13,16-18,23,25H,5-8,14-15,19-20H2,1-4H3,(H,29,33). The van der Waals surface area contributed by atoms with Gasteiger partial charge in [0.25, 0.3) is 0 Å². The van der Waals surface area contributed by atoms with Gasteiger partial charge in [0.05, 0.1) is 19.1 Å². The molecule has 1 aliphatic rings.